The lowest BCUT2D eigenvalue weighted by Gasteiger charge is -1.99. The summed E-state index contributed by atoms with van der Waals surface area (Å²) in [5.74, 6) is 1.04. The number of aromatic nitrogens is 2. The number of oxazole rings is 2. The SMILES string of the molecule is N#Cc1ccc2oc(-c3ccc(C=Cc4ccc(-c5nc6cc(C#N)ccc6o5)cc4)cc3)nc2c1. The Balaban J connectivity index is 1.18. The lowest BCUT2D eigenvalue weighted by molar-refractivity contribution is 0.619. The van der Waals surface area contributed by atoms with E-state index in [4.69, 9.17) is 19.4 Å². The van der Waals surface area contributed by atoms with Gasteiger partial charge in [-0.05, 0) is 71.8 Å². The van der Waals surface area contributed by atoms with E-state index < -0.39 is 0 Å². The highest BCUT2D eigenvalue weighted by molar-refractivity contribution is 5.79. The van der Waals surface area contributed by atoms with E-state index in [2.05, 4.69) is 22.1 Å². The number of rotatable bonds is 4. The standard InChI is InChI=1S/C30H16N4O2/c31-17-21-7-13-27-25(15-21)33-29(35-27)23-9-3-19(4-10-23)1-2-20-5-11-24(12-6-20)30-34-26-16-22(18-32)8-14-28(26)36-30/h1-16H. The largest absolute Gasteiger partial charge is 0.436 e. The zero-order chi connectivity index (χ0) is 24.5. The van der Waals surface area contributed by atoms with Gasteiger partial charge in [0.1, 0.15) is 11.0 Å². The number of fused-ring (bicyclic) bond motifs is 2. The molecule has 6 nitrogen and oxygen atoms in total. The minimum Gasteiger partial charge on any atom is -0.436 e. The summed E-state index contributed by atoms with van der Waals surface area (Å²) >= 11 is 0. The number of nitriles is 2. The van der Waals surface area contributed by atoms with Gasteiger partial charge < -0.3 is 8.83 Å². The molecule has 2 aromatic heterocycles. The van der Waals surface area contributed by atoms with Crippen LogP contribution in [0.15, 0.2) is 93.8 Å². The van der Waals surface area contributed by atoms with E-state index >= 15 is 0 Å². The average molecular weight is 464 g/mol. The molecule has 6 aromatic rings. The second-order valence-electron chi connectivity index (χ2n) is 8.20. The van der Waals surface area contributed by atoms with Crippen LogP contribution < -0.4 is 0 Å². The van der Waals surface area contributed by atoms with E-state index in [9.17, 15) is 0 Å². The van der Waals surface area contributed by atoms with Gasteiger partial charge in [-0.25, -0.2) is 9.97 Å². The van der Waals surface area contributed by atoms with Crippen molar-refractivity contribution in [3.63, 3.8) is 0 Å². The molecular weight excluding hydrogens is 448 g/mol. The topological polar surface area (TPSA) is 99.6 Å². The molecule has 0 saturated heterocycles. The smallest absolute Gasteiger partial charge is 0.227 e. The third-order valence-electron chi connectivity index (χ3n) is 5.82. The van der Waals surface area contributed by atoms with Crippen molar-refractivity contribution >= 4 is 34.4 Å². The molecule has 2 heterocycles. The molecule has 36 heavy (non-hydrogen) atoms. The van der Waals surface area contributed by atoms with Gasteiger partial charge in [0.05, 0.1) is 23.3 Å². The second-order valence-corrected chi connectivity index (χ2v) is 8.20. The predicted octanol–water partition coefficient (Wildman–Crippen LogP) is 7.22. The van der Waals surface area contributed by atoms with Crippen molar-refractivity contribution in [1.29, 1.82) is 10.5 Å². The molecular formula is C30H16N4O2. The fourth-order valence-electron chi connectivity index (χ4n) is 3.91. The second kappa shape index (κ2) is 8.72. The Bertz CT molecular complexity index is 1710. The summed E-state index contributed by atoms with van der Waals surface area (Å²) in [4.78, 5) is 9.02. The molecule has 4 aromatic carbocycles. The summed E-state index contributed by atoms with van der Waals surface area (Å²) < 4.78 is 11.7. The number of nitrogens with zero attached hydrogens (tertiary/aromatic N) is 4. The van der Waals surface area contributed by atoms with E-state index in [1.807, 2.05) is 60.7 Å². The first-order valence-electron chi connectivity index (χ1n) is 11.2. The van der Waals surface area contributed by atoms with Gasteiger partial charge in [-0.1, -0.05) is 36.4 Å². The zero-order valence-corrected chi connectivity index (χ0v) is 18.8. The maximum atomic E-state index is 9.06. The van der Waals surface area contributed by atoms with Crippen molar-refractivity contribution in [2.24, 2.45) is 0 Å². The molecule has 0 aliphatic rings. The van der Waals surface area contributed by atoms with Gasteiger partial charge in [0.25, 0.3) is 0 Å². The minimum absolute atomic E-state index is 0.522. The van der Waals surface area contributed by atoms with Gasteiger partial charge in [-0.15, -0.1) is 0 Å². The number of hydrogen-bond donors (Lipinski definition) is 0. The molecule has 0 fully saturated rings. The summed E-state index contributed by atoms with van der Waals surface area (Å²) in [5, 5.41) is 18.1. The highest BCUT2D eigenvalue weighted by Crippen LogP contribution is 2.27. The molecule has 6 heteroatoms. The van der Waals surface area contributed by atoms with E-state index in [1.54, 1.807) is 36.4 Å². The Morgan fingerprint density at radius 3 is 1.36 bits per heavy atom. The molecule has 0 N–H and O–H groups in total. The van der Waals surface area contributed by atoms with E-state index in [0.29, 0.717) is 45.1 Å². The molecule has 0 bridgehead atoms. The molecule has 0 aliphatic heterocycles. The van der Waals surface area contributed by atoms with Gasteiger partial charge in [-0.3, -0.25) is 0 Å². The van der Waals surface area contributed by atoms with Gasteiger partial charge >= 0.3 is 0 Å². The fourth-order valence-corrected chi connectivity index (χ4v) is 3.91. The van der Waals surface area contributed by atoms with Crippen molar-refractivity contribution in [1.82, 2.24) is 9.97 Å². The summed E-state index contributed by atoms with van der Waals surface area (Å²) in [6, 6.07) is 30.5. The van der Waals surface area contributed by atoms with Crippen LogP contribution in [0.4, 0.5) is 0 Å². The first-order chi connectivity index (χ1) is 17.7. The molecule has 0 saturated carbocycles. The quantitative estimate of drug-likeness (QED) is 0.255. The van der Waals surface area contributed by atoms with Crippen LogP contribution in [0, 0.1) is 22.7 Å². The number of benzene rings is 4. The average Bonchev–Trinajstić information content (AvgIpc) is 3.56. The third-order valence-corrected chi connectivity index (χ3v) is 5.82. The Labute approximate surface area is 206 Å². The Kier molecular flexibility index (Phi) is 5.11. The van der Waals surface area contributed by atoms with Crippen LogP contribution in [0.1, 0.15) is 22.3 Å². The molecule has 0 unspecified atom stereocenters. The van der Waals surface area contributed by atoms with Crippen LogP contribution in [0.25, 0.3) is 57.3 Å². The molecule has 168 valence electrons. The third kappa shape index (κ3) is 4.00. The van der Waals surface area contributed by atoms with Crippen LogP contribution in [0.5, 0.6) is 0 Å². The van der Waals surface area contributed by atoms with Gasteiger partial charge in [0.15, 0.2) is 11.2 Å². The Hall–Kier alpha value is -5.46. The first-order valence-corrected chi connectivity index (χ1v) is 11.2. The highest BCUT2D eigenvalue weighted by atomic mass is 16.4. The molecule has 0 aliphatic carbocycles. The fraction of sp³-hybridized carbons (Fsp3) is 0. The molecule has 6 rings (SSSR count). The van der Waals surface area contributed by atoms with Gasteiger partial charge in [-0.2, -0.15) is 10.5 Å². The Morgan fingerprint density at radius 1 is 0.556 bits per heavy atom. The van der Waals surface area contributed by atoms with Crippen molar-refractivity contribution in [2.75, 3.05) is 0 Å². The van der Waals surface area contributed by atoms with E-state index in [1.165, 1.54) is 0 Å². The molecule has 0 atom stereocenters. The van der Waals surface area contributed by atoms with Crippen LogP contribution in [0.2, 0.25) is 0 Å². The van der Waals surface area contributed by atoms with Crippen LogP contribution in [-0.2, 0) is 0 Å². The van der Waals surface area contributed by atoms with Crippen molar-refractivity contribution < 1.29 is 8.83 Å². The molecule has 0 amide bonds. The molecule has 0 spiro atoms. The Morgan fingerprint density at radius 2 is 0.972 bits per heavy atom. The summed E-state index contributed by atoms with van der Waals surface area (Å²) in [6.45, 7) is 0. The summed E-state index contributed by atoms with van der Waals surface area (Å²) in [7, 11) is 0. The van der Waals surface area contributed by atoms with E-state index in [0.717, 1.165) is 22.3 Å². The zero-order valence-electron chi connectivity index (χ0n) is 18.8. The maximum absolute atomic E-state index is 9.06. The normalized spacial score (nSPS) is 11.2. The lowest BCUT2D eigenvalue weighted by atomic mass is 10.1. The monoisotopic (exact) mass is 464 g/mol. The van der Waals surface area contributed by atoms with Crippen LogP contribution in [0.3, 0.4) is 0 Å². The summed E-state index contributed by atoms with van der Waals surface area (Å²) in [5.41, 5.74) is 7.57. The van der Waals surface area contributed by atoms with E-state index in [-0.39, 0.29) is 0 Å². The molecule has 0 radical (unpaired) electrons. The summed E-state index contributed by atoms with van der Waals surface area (Å²) in [6.07, 6.45) is 4.07. The van der Waals surface area contributed by atoms with Crippen molar-refractivity contribution in [3.05, 3.63) is 107 Å². The number of hydrogen-bond acceptors (Lipinski definition) is 6. The lowest BCUT2D eigenvalue weighted by Crippen LogP contribution is -1.80. The van der Waals surface area contributed by atoms with Crippen molar-refractivity contribution in [2.45, 2.75) is 0 Å². The first kappa shape index (κ1) is 21.1. The van der Waals surface area contributed by atoms with Crippen LogP contribution >= 0.6 is 0 Å². The minimum atomic E-state index is 0.522. The van der Waals surface area contributed by atoms with Crippen LogP contribution in [-0.4, -0.2) is 9.97 Å². The van der Waals surface area contributed by atoms with Crippen molar-refractivity contribution in [3.8, 4) is 35.0 Å². The van der Waals surface area contributed by atoms with Gasteiger partial charge in [0, 0.05) is 11.1 Å². The maximum Gasteiger partial charge on any atom is 0.227 e. The van der Waals surface area contributed by atoms with Gasteiger partial charge in [0.2, 0.25) is 11.8 Å². The predicted molar refractivity (Wildman–Crippen MR) is 137 cm³/mol. The highest BCUT2D eigenvalue weighted by Gasteiger charge is 2.10.